The Morgan fingerprint density at radius 2 is 2.03 bits per heavy atom. The molecule has 1 saturated carbocycles. The van der Waals surface area contributed by atoms with Crippen molar-refractivity contribution in [3.63, 3.8) is 0 Å². The van der Waals surface area contributed by atoms with E-state index in [1.165, 1.54) is 24.5 Å². The highest BCUT2D eigenvalue weighted by molar-refractivity contribution is 7.17. The molecule has 0 aromatic carbocycles. The zero-order valence-corrected chi connectivity index (χ0v) is 17.0. The number of anilines is 1. The lowest BCUT2D eigenvalue weighted by Gasteiger charge is -2.33. The van der Waals surface area contributed by atoms with Crippen LogP contribution in [0.2, 0.25) is 0 Å². The molecule has 2 atom stereocenters. The fourth-order valence-corrected chi connectivity index (χ4v) is 5.59. The Bertz CT molecular complexity index is 935. The second kappa shape index (κ2) is 7.62. The first kappa shape index (κ1) is 19.6. The topological polar surface area (TPSA) is 119 Å². The summed E-state index contributed by atoms with van der Waals surface area (Å²) in [5.74, 6) is -1.77. The summed E-state index contributed by atoms with van der Waals surface area (Å²) in [7, 11) is 0. The van der Waals surface area contributed by atoms with Crippen LogP contribution in [0, 0.1) is 5.92 Å². The van der Waals surface area contributed by atoms with E-state index < -0.39 is 11.8 Å². The molecule has 8 nitrogen and oxygen atoms in total. The molecule has 3 aliphatic rings. The first-order chi connectivity index (χ1) is 13.9. The molecule has 0 bridgehead atoms. The van der Waals surface area contributed by atoms with Gasteiger partial charge in [-0.15, -0.1) is 11.3 Å². The molecule has 3 amide bonds. The summed E-state index contributed by atoms with van der Waals surface area (Å²) >= 11 is 1.22. The quantitative estimate of drug-likeness (QED) is 0.726. The first-order valence-electron chi connectivity index (χ1n) is 9.78. The molecule has 9 heteroatoms. The van der Waals surface area contributed by atoms with Gasteiger partial charge in [0.15, 0.2) is 5.78 Å². The van der Waals surface area contributed by atoms with Gasteiger partial charge in [-0.2, -0.15) is 0 Å². The van der Waals surface area contributed by atoms with Crippen LogP contribution in [-0.4, -0.2) is 41.1 Å². The lowest BCUT2D eigenvalue weighted by molar-refractivity contribution is -0.130. The van der Waals surface area contributed by atoms with E-state index in [0.29, 0.717) is 24.5 Å². The maximum absolute atomic E-state index is 12.8. The molecule has 154 valence electrons. The molecule has 29 heavy (non-hydrogen) atoms. The molecule has 3 N–H and O–H groups in total. The first-order valence-corrected chi connectivity index (χ1v) is 10.6. The predicted molar refractivity (Wildman–Crippen MR) is 106 cm³/mol. The van der Waals surface area contributed by atoms with E-state index in [2.05, 4.69) is 5.32 Å². The van der Waals surface area contributed by atoms with E-state index in [-0.39, 0.29) is 34.8 Å². The van der Waals surface area contributed by atoms with Crippen LogP contribution in [0.5, 0.6) is 0 Å². The van der Waals surface area contributed by atoms with Gasteiger partial charge < -0.3 is 20.7 Å². The predicted octanol–water partition coefficient (Wildman–Crippen LogP) is 1.73. The highest BCUT2D eigenvalue weighted by atomic mass is 32.1. The van der Waals surface area contributed by atoms with Crippen LogP contribution in [0.1, 0.15) is 53.4 Å². The van der Waals surface area contributed by atoms with Gasteiger partial charge in [0.25, 0.3) is 11.8 Å². The minimum atomic E-state index is -0.637. The number of fused-ring (bicyclic) bond motifs is 2. The molecule has 2 unspecified atom stereocenters. The fraction of sp³-hybridized carbons (Fsp3) is 0.500. The number of thiophene rings is 1. The summed E-state index contributed by atoms with van der Waals surface area (Å²) in [6.45, 7) is 2.36. The number of hydrogen-bond acceptors (Lipinski definition) is 6. The van der Waals surface area contributed by atoms with E-state index in [0.717, 1.165) is 36.1 Å². The number of nitrogens with two attached hydrogens (primary N) is 1. The zero-order valence-electron chi connectivity index (χ0n) is 16.2. The number of carbonyl (C=O) groups is 4. The highest BCUT2D eigenvalue weighted by Gasteiger charge is 2.39. The number of amides is 3. The molecule has 3 heterocycles. The Kier molecular flexibility index (Phi) is 5.16. The number of nitrogens with one attached hydrogen (secondary N) is 1. The van der Waals surface area contributed by atoms with Gasteiger partial charge in [-0.25, -0.2) is 0 Å². The molecular formula is C20H23N3O5S. The van der Waals surface area contributed by atoms with E-state index >= 15 is 0 Å². The smallest absolute Gasteiger partial charge is 0.263 e. The average Bonchev–Trinajstić information content (AvgIpc) is 3.05. The zero-order chi connectivity index (χ0) is 20.7. The number of hydrogen-bond donors (Lipinski definition) is 2. The van der Waals surface area contributed by atoms with Crippen molar-refractivity contribution in [3.8, 4) is 0 Å². The number of nitrogens with zero attached hydrogens (tertiary/aromatic N) is 1. The van der Waals surface area contributed by atoms with Gasteiger partial charge in [-0.3, -0.25) is 19.2 Å². The molecule has 0 saturated heterocycles. The van der Waals surface area contributed by atoms with Crippen LogP contribution in [0.3, 0.4) is 0 Å². The van der Waals surface area contributed by atoms with Gasteiger partial charge in [0, 0.05) is 18.3 Å². The standard InChI is InChI=1S/C20H23N3O5S/c1-10(24)23-7-6-12-15(8-23)29-20(16(12)18(21)26)22-19(27)13-9-28-14-5-3-2-4-11(14)17(13)25/h9,11,14H,2-8H2,1H3,(H2,21,26)(H,22,27). The van der Waals surface area contributed by atoms with Crippen LogP contribution in [0.4, 0.5) is 5.00 Å². The van der Waals surface area contributed by atoms with Crippen LogP contribution < -0.4 is 11.1 Å². The van der Waals surface area contributed by atoms with E-state index in [1.54, 1.807) is 4.90 Å². The highest BCUT2D eigenvalue weighted by Crippen LogP contribution is 2.38. The number of Topliss-reactive ketones (excluding diaryl/α,β-unsaturated/α-hetero) is 1. The summed E-state index contributed by atoms with van der Waals surface area (Å²) in [5, 5.41) is 3.01. The summed E-state index contributed by atoms with van der Waals surface area (Å²) in [6, 6.07) is 0. The lowest BCUT2D eigenvalue weighted by atomic mass is 9.80. The Labute approximate surface area is 172 Å². The minimum absolute atomic E-state index is 0.0275. The van der Waals surface area contributed by atoms with Gasteiger partial charge in [-0.1, -0.05) is 6.42 Å². The van der Waals surface area contributed by atoms with Crippen molar-refractivity contribution in [1.29, 1.82) is 0 Å². The summed E-state index contributed by atoms with van der Waals surface area (Å²) in [6.07, 6.45) is 5.09. The van der Waals surface area contributed by atoms with Crippen molar-refractivity contribution in [3.05, 3.63) is 27.8 Å². The SMILES string of the molecule is CC(=O)N1CCc2c(sc(NC(=O)C3=COC4CCCCC4C3=O)c2C(N)=O)C1. The third-order valence-electron chi connectivity index (χ3n) is 5.89. The second-order valence-corrected chi connectivity index (χ2v) is 8.78. The lowest BCUT2D eigenvalue weighted by Crippen LogP contribution is -2.39. The Balaban J connectivity index is 1.59. The van der Waals surface area contributed by atoms with E-state index in [4.69, 9.17) is 10.5 Å². The van der Waals surface area contributed by atoms with Crippen LogP contribution in [0.15, 0.2) is 11.8 Å². The molecule has 4 rings (SSSR count). The maximum atomic E-state index is 12.8. The van der Waals surface area contributed by atoms with Gasteiger partial charge in [0.1, 0.15) is 16.7 Å². The van der Waals surface area contributed by atoms with Crippen molar-refractivity contribution in [2.45, 2.75) is 51.7 Å². The summed E-state index contributed by atoms with van der Waals surface area (Å²) in [5.41, 5.74) is 6.58. The molecule has 1 fully saturated rings. The number of ketones is 1. The third-order valence-corrected chi connectivity index (χ3v) is 7.02. The van der Waals surface area contributed by atoms with E-state index in [1.807, 2.05) is 0 Å². The van der Waals surface area contributed by atoms with Gasteiger partial charge in [-0.05, 0) is 31.2 Å². The van der Waals surface area contributed by atoms with Crippen molar-refractivity contribution in [2.75, 3.05) is 11.9 Å². The number of rotatable bonds is 3. The number of carbonyl (C=O) groups excluding carboxylic acids is 4. The van der Waals surface area contributed by atoms with Crippen LogP contribution in [-0.2, 0) is 32.1 Å². The largest absolute Gasteiger partial charge is 0.496 e. The van der Waals surface area contributed by atoms with E-state index in [9.17, 15) is 19.2 Å². The van der Waals surface area contributed by atoms with Crippen LogP contribution in [0.25, 0.3) is 0 Å². The molecule has 1 aromatic heterocycles. The summed E-state index contributed by atoms with van der Waals surface area (Å²) in [4.78, 5) is 51.9. The maximum Gasteiger partial charge on any atom is 0.263 e. The van der Waals surface area contributed by atoms with Gasteiger partial charge in [0.2, 0.25) is 5.91 Å². The fourth-order valence-electron chi connectivity index (χ4n) is 4.33. The third kappa shape index (κ3) is 3.55. The van der Waals surface area contributed by atoms with Crippen molar-refractivity contribution in [2.24, 2.45) is 11.7 Å². The molecule has 0 spiro atoms. The minimum Gasteiger partial charge on any atom is -0.496 e. The number of primary amides is 1. The summed E-state index contributed by atoms with van der Waals surface area (Å²) < 4.78 is 5.65. The van der Waals surface area contributed by atoms with Gasteiger partial charge >= 0.3 is 0 Å². The molecule has 0 radical (unpaired) electrons. The Morgan fingerprint density at radius 1 is 1.28 bits per heavy atom. The van der Waals surface area contributed by atoms with Crippen molar-refractivity contribution >= 4 is 39.8 Å². The van der Waals surface area contributed by atoms with Crippen molar-refractivity contribution < 1.29 is 23.9 Å². The Morgan fingerprint density at radius 3 is 2.76 bits per heavy atom. The molecular weight excluding hydrogens is 394 g/mol. The molecule has 1 aliphatic carbocycles. The molecule has 2 aliphatic heterocycles. The second-order valence-electron chi connectivity index (χ2n) is 7.68. The average molecular weight is 417 g/mol. The van der Waals surface area contributed by atoms with Crippen molar-refractivity contribution in [1.82, 2.24) is 4.90 Å². The molecule has 1 aromatic rings. The Hall–Kier alpha value is -2.68. The number of ether oxygens (including phenoxy) is 1. The monoisotopic (exact) mass is 417 g/mol. The normalized spacial score (nSPS) is 23.4. The van der Waals surface area contributed by atoms with Gasteiger partial charge in [0.05, 0.1) is 24.3 Å². The van der Waals surface area contributed by atoms with Crippen LogP contribution >= 0.6 is 11.3 Å².